The Labute approximate surface area is 433 Å². The van der Waals surface area contributed by atoms with Crippen molar-refractivity contribution in [2.75, 3.05) is 44.6 Å². The molecule has 0 aliphatic carbocycles. The molecule has 0 spiro atoms. The minimum atomic E-state index is -1.88. The van der Waals surface area contributed by atoms with Gasteiger partial charge in [0.05, 0.1) is 29.0 Å². The Bertz CT molecular complexity index is 2470. The van der Waals surface area contributed by atoms with Crippen LogP contribution in [0.15, 0.2) is 39.3 Å². The summed E-state index contributed by atoms with van der Waals surface area (Å²) >= 11 is 2.71. The molecule has 69 heavy (non-hydrogen) atoms. The maximum Gasteiger partial charge on any atom is 1.00 e. The van der Waals surface area contributed by atoms with Gasteiger partial charge in [0.15, 0.2) is 0 Å². The number of carbonyl (C=O) groups excluding carboxylic acids is 3. The fraction of sp³-hybridized carbons (Fsp3) is 0.537. The number of aliphatic carboxylic acids is 2. The predicted octanol–water partition coefficient (Wildman–Crippen LogP) is 4.54. The largest absolute Gasteiger partial charge is 1.00 e. The first-order chi connectivity index (χ1) is 30.7. The molecule has 4 N–H and O–H groups in total. The molecule has 0 bridgehead atoms. The first-order valence-corrected chi connectivity index (χ1v) is 21.2. The van der Waals surface area contributed by atoms with Crippen molar-refractivity contribution >= 4 is 69.2 Å². The number of carboxylic acid groups (broad SMARTS) is 2. The second-order valence-corrected chi connectivity index (χ2v) is 15.0. The number of hydrogen-bond acceptors (Lipinski definition) is 13. The summed E-state index contributed by atoms with van der Waals surface area (Å²) < 4.78 is 18.5. The van der Waals surface area contributed by atoms with Gasteiger partial charge in [-0.2, -0.15) is 0 Å². The Kier molecular flexibility index (Phi) is 29.8. The van der Waals surface area contributed by atoms with Gasteiger partial charge in [0.1, 0.15) is 30.8 Å². The number of alkyl halides is 1. The zero-order valence-corrected chi connectivity index (χ0v) is 41.3. The summed E-state index contributed by atoms with van der Waals surface area (Å²) in [5.74, 6) is -3.22. The predicted molar refractivity (Wildman–Crippen MR) is 255 cm³/mol. The minimum absolute atomic E-state index is 0. The van der Waals surface area contributed by atoms with Crippen LogP contribution in [0.25, 0.3) is 59.2 Å². The topological polar surface area (TPSA) is 383 Å². The van der Waals surface area contributed by atoms with E-state index in [9.17, 15) is 28.8 Å². The van der Waals surface area contributed by atoms with E-state index in [-0.39, 0.29) is 110 Å². The number of likely N-dealkylation sites (tertiary alicyclic amines) is 2. The van der Waals surface area contributed by atoms with Crippen LogP contribution >= 0.6 is 28.3 Å². The SMILES string of the molecule is C.C.CCc1c2c(nc3ccc(OC(=O)N4CCC(N5CCCCC5)CC4)cc13)-c1cc3c(c(=O)n1C2)COC(=O)[C@@]3(CC)OC(=O)CN=[N+]=[N-].Cl.O.O=C(O)CBr.[N-]=[N+]=NCC(=O)O.[N-]=[N+]=[N-].[Na+]. The number of nitrogens with zero attached hydrogens (tertiary/aromatic N) is 13. The molecule has 7 rings (SSSR count). The van der Waals surface area contributed by atoms with E-state index in [2.05, 4.69) is 40.9 Å². The summed E-state index contributed by atoms with van der Waals surface area (Å²) in [6, 6.07) is 7.60. The second kappa shape index (κ2) is 31.5. The summed E-state index contributed by atoms with van der Waals surface area (Å²) in [5, 5.41) is 22.3. The summed E-state index contributed by atoms with van der Waals surface area (Å²) in [7, 11) is 0. The van der Waals surface area contributed by atoms with Crippen LogP contribution in [0.1, 0.15) is 89.5 Å². The van der Waals surface area contributed by atoms with Crippen LogP contribution in [0.3, 0.4) is 0 Å². The molecule has 1 amide bonds. The van der Waals surface area contributed by atoms with Crippen molar-refractivity contribution in [2.24, 2.45) is 10.2 Å². The number of amides is 1. The number of carboxylic acids is 2. The van der Waals surface area contributed by atoms with E-state index in [1.807, 2.05) is 19.1 Å². The minimum Gasteiger partial charge on any atom is -0.481 e. The van der Waals surface area contributed by atoms with Gasteiger partial charge in [0.25, 0.3) is 5.56 Å². The Morgan fingerprint density at radius 1 is 0.928 bits per heavy atom. The third kappa shape index (κ3) is 16.2. The first kappa shape index (κ1) is 65.4. The number of pyridine rings is 2. The summed E-state index contributed by atoms with van der Waals surface area (Å²) in [4.78, 5) is 87.3. The molecule has 0 saturated carbocycles. The molecule has 2 aromatic heterocycles. The molecule has 1 aromatic carbocycles. The number of benzene rings is 1. The van der Waals surface area contributed by atoms with Gasteiger partial charge >= 0.3 is 59.5 Å². The second-order valence-electron chi connectivity index (χ2n) is 14.5. The zero-order valence-electron chi connectivity index (χ0n) is 36.9. The van der Waals surface area contributed by atoms with Crippen LogP contribution in [0.5, 0.6) is 5.75 Å². The van der Waals surface area contributed by atoms with Crippen molar-refractivity contribution in [2.45, 2.75) is 98.4 Å². The molecule has 4 aliphatic rings. The smallest absolute Gasteiger partial charge is 0.481 e. The van der Waals surface area contributed by atoms with Crippen molar-refractivity contribution in [3.05, 3.63) is 93.7 Å². The van der Waals surface area contributed by atoms with Crippen molar-refractivity contribution in [1.29, 1.82) is 0 Å². The van der Waals surface area contributed by atoms with Gasteiger partial charge < -0.3 is 55.3 Å². The van der Waals surface area contributed by atoms with Crippen molar-refractivity contribution in [1.82, 2.24) is 19.4 Å². The molecule has 25 nitrogen and oxygen atoms in total. The number of rotatable bonds is 10. The van der Waals surface area contributed by atoms with E-state index in [0.29, 0.717) is 48.2 Å². The number of piperidine rings is 2. The number of cyclic esters (lactones) is 1. The van der Waals surface area contributed by atoms with Crippen LogP contribution in [0.4, 0.5) is 4.79 Å². The van der Waals surface area contributed by atoms with Crippen LogP contribution < -0.4 is 39.9 Å². The average Bonchev–Trinajstić information content (AvgIpc) is 3.67. The first-order valence-electron chi connectivity index (χ1n) is 20.1. The third-order valence-corrected chi connectivity index (χ3v) is 11.3. The molecule has 2 saturated heterocycles. The maximum atomic E-state index is 13.9. The van der Waals surface area contributed by atoms with Gasteiger partial charge in [0, 0.05) is 45.5 Å². The van der Waals surface area contributed by atoms with Crippen LogP contribution in [0.2, 0.25) is 0 Å². The Morgan fingerprint density at radius 2 is 1.52 bits per heavy atom. The fourth-order valence-electron chi connectivity index (χ4n) is 8.04. The van der Waals surface area contributed by atoms with E-state index in [1.165, 1.54) is 24.2 Å². The van der Waals surface area contributed by atoms with E-state index in [0.717, 1.165) is 42.4 Å². The number of fused-ring (bicyclic) bond motifs is 5. The van der Waals surface area contributed by atoms with E-state index < -0.39 is 42.6 Å². The third-order valence-electron chi connectivity index (χ3n) is 10.9. The molecule has 4 aliphatic heterocycles. The Hall–Kier alpha value is -5.65. The molecule has 1 atom stereocenters. The molecule has 372 valence electrons. The summed E-state index contributed by atoms with van der Waals surface area (Å²) in [6.07, 6.45) is 5.97. The number of carbonyl (C=O) groups is 5. The summed E-state index contributed by atoms with van der Waals surface area (Å²) in [6.45, 7) is 6.21. The zero-order chi connectivity index (χ0) is 47.0. The van der Waals surface area contributed by atoms with Gasteiger partial charge in [-0.3, -0.25) is 24.1 Å². The van der Waals surface area contributed by atoms with Crippen LogP contribution in [-0.2, 0) is 53.8 Å². The standard InChI is InChI=1S/C35H39N7O7.C2H3BrO2.C2H3N3O2.2CH4.ClH.N3.Na.H2O/c1-3-23-24-16-22(48-34(46)41-14-10-21(11-15-41)40-12-6-5-7-13-40)8-9-28(24)38-31-25(23)19-42-29(31)17-27-26(32(42)44)20-47-33(45)35(27,4-2)49-30(43)18-37-39-36;3-1-2(4)5;3-5-4-1-2(6)7;;;;1-3-2;;/h8-9,16-17,21H,3-7,10-15,18-20H2,1-2H3;1H2,(H,4,5);1H2,(H,6,7);2*1H4;1H;;;1H2/q;;;;;;-1;+1;/t35-;;;;;;;;/m0......../s1. The molecular weight excluding hydrogens is 1000 g/mol. The number of halogens is 2. The van der Waals surface area contributed by atoms with E-state index >= 15 is 0 Å². The van der Waals surface area contributed by atoms with Crippen molar-refractivity contribution < 1.29 is 83.4 Å². The van der Waals surface area contributed by atoms with Crippen LogP contribution in [-0.4, -0.2) is 116 Å². The number of ether oxygens (including phenoxy) is 3. The fourth-order valence-corrected chi connectivity index (χ4v) is 8.04. The normalized spacial score (nSPS) is 15.9. The molecule has 0 unspecified atom stereocenters. The van der Waals surface area contributed by atoms with Gasteiger partial charge in [-0.1, -0.05) is 61.3 Å². The van der Waals surface area contributed by atoms with Gasteiger partial charge in [-0.05, 0) is 92.5 Å². The number of azide groups is 2. The quantitative estimate of drug-likeness (QED) is 0.0551. The van der Waals surface area contributed by atoms with Gasteiger partial charge in [-0.25, -0.2) is 14.6 Å². The molecule has 2 fully saturated rings. The molecule has 3 aromatic rings. The van der Waals surface area contributed by atoms with E-state index in [1.54, 1.807) is 28.5 Å². The molecule has 0 radical (unpaired) electrons. The van der Waals surface area contributed by atoms with Gasteiger partial charge in [-0.15, -0.1) is 12.4 Å². The summed E-state index contributed by atoms with van der Waals surface area (Å²) in [5.41, 5.74) is 31.4. The van der Waals surface area contributed by atoms with E-state index in [4.69, 9.17) is 51.5 Å². The average molecular weight is 1060 g/mol. The number of aryl methyl sites for hydroxylation is 1. The van der Waals surface area contributed by atoms with Crippen molar-refractivity contribution in [3.8, 4) is 17.1 Å². The monoisotopic (exact) mass is 1060 g/mol. The molecular formula is C41H56BrClN13NaO12. The van der Waals surface area contributed by atoms with Gasteiger partial charge in [0.2, 0.25) is 5.60 Å². The Balaban J connectivity index is 0. The Morgan fingerprint density at radius 3 is 2.04 bits per heavy atom. The van der Waals surface area contributed by atoms with Crippen molar-refractivity contribution in [3.63, 3.8) is 0 Å². The molecule has 28 heteroatoms. The van der Waals surface area contributed by atoms with Crippen LogP contribution in [0, 0.1) is 0 Å². The number of aromatic nitrogens is 2. The number of esters is 2. The number of hydrogen-bond donors (Lipinski definition) is 2. The molecule has 6 heterocycles. The maximum absolute atomic E-state index is 13.9.